The predicted octanol–water partition coefficient (Wildman–Crippen LogP) is -1.38. The van der Waals surface area contributed by atoms with Crippen LogP contribution in [-0.2, 0) is 9.59 Å². The molecule has 1 unspecified atom stereocenters. The van der Waals surface area contributed by atoms with E-state index in [1.165, 1.54) is 0 Å². The van der Waals surface area contributed by atoms with Gasteiger partial charge >= 0.3 is 0 Å². The molecular formula is C6H13O4Si. The summed E-state index contributed by atoms with van der Waals surface area (Å²) in [5.41, 5.74) is 0. The Balaban J connectivity index is 3.36. The first-order valence-corrected chi connectivity index (χ1v) is 5.20. The Kier molecular flexibility index (Phi) is 6.34. The predicted molar refractivity (Wildman–Crippen MR) is 41.4 cm³/mol. The van der Waals surface area contributed by atoms with Crippen LogP contribution in [-0.4, -0.2) is 38.5 Å². The van der Waals surface area contributed by atoms with Crippen LogP contribution in [0.2, 0.25) is 6.04 Å². The van der Waals surface area contributed by atoms with E-state index < -0.39 is 22.5 Å². The van der Waals surface area contributed by atoms with Gasteiger partial charge in [-0.2, -0.15) is 0 Å². The van der Waals surface area contributed by atoms with Crippen molar-refractivity contribution < 1.29 is 19.8 Å². The monoisotopic (exact) mass is 177 g/mol. The van der Waals surface area contributed by atoms with Gasteiger partial charge in [0.25, 0.3) is 0 Å². The molecule has 2 N–H and O–H groups in total. The van der Waals surface area contributed by atoms with E-state index in [4.69, 9.17) is 10.2 Å². The van der Waals surface area contributed by atoms with Gasteiger partial charge in [0, 0.05) is 6.42 Å². The standard InChI is InChI=1S/C6H13O4Si/c7-4-6(9)5(8)2-1-3-11-10/h6-7,9H,1-4,11H2. The van der Waals surface area contributed by atoms with E-state index in [0.717, 1.165) is 0 Å². The second kappa shape index (κ2) is 6.48. The Morgan fingerprint density at radius 3 is 2.64 bits per heavy atom. The summed E-state index contributed by atoms with van der Waals surface area (Å²) in [6.07, 6.45) is -0.467. The minimum Gasteiger partial charge on any atom is -0.393 e. The maximum absolute atomic E-state index is 10.8. The highest BCUT2D eigenvalue weighted by molar-refractivity contribution is 6.24. The summed E-state index contributed by atoms with van der Waals surface area (Å²) < 4.78 is 0. The lowest BCUT2D eigenvalue weighted by Crippen LogP contribution is -2.23. The molecule has 0 rings (SSSR count). The van der Waals surface area contributed by atoms with Crippen molar-refractivity contribution in [2.75, 3.05) is 6.61 Å². The zero-order chi connectivity index (χ0) is 8.69. The second-order valence-electron chi connectivity index (χ2n) is 2.33. The Labute approximate surface area is 67.8 Å². The number of carbonyl (C=O) groups excluding carboxylic acids is 1. The third-order valence-corrected chi connectivity index (χ3v) is 2.15. The van der Waals surface area contributed by atoms with E-state index in [1.54, 1.807) is 0 Å². The highest BCUT2D eigenvalue weighted by atomic mass is 28.2. The maximum Gasteiger partial charge on any atom is 0.207 e. The fourth-order valence-electron chi connectivity index (χ4n) is 0.670. The lowest BCUT2D eigenvalue weighted by Gasteiger charge is -2.03. The summed E-state index contributed by atoms with van der Waals surface area (Å²) in [5.74, 6) is -0.366. The van der Waals surface area contributed by atoms with Crippen molar-refractivity contribution in [2.45, 2.75) is 25.0 Å². The number of rotatable bonds is 6. The molecular weight excluding hydrogens is 164 g/mol. The lowest BCUT2D eigenvalue weighted by atomic mass is 10.1. The fourth-order valence-corrected chi connectivity index (χ4v) is 1.12. The van der Waals surface area contributed by atoms with E-state index >= 15 is 0 Å². The Hall–Kier alpha value is -0.233. The van der Waals surface area contributed by atoms with Gasteiger partial charge in [0.05, 0.1) is 6.61 Å². The number of aliphatic hydroxyl groups excluding tert-OH is 2. The van der Waals surface area contributed by atoms with Crippen LogP contribution in [0, 0.1) is 0 Å². The zero-order valence-electron chi connectivity index (χ0n) is 6.32. The Morgan fingerprint density at radius 2 is 2.18 bits per heavy atom. The molecule has 0 saturated heterocycles. The van der Waals surface area contributed by atoms with Gasteiger partial charge in [0.15, 0.2) is 5.78 Å². The number of hydrogen-bond acceptors (Lipinski definition) is 3. The van der Waals surface area contributed by atoms with Gasteiger partial charge in [-0.25, -0.2) is 0 Å². The van der Waals surface area contributed by atoms with Crippen molar-refractivity contribution in [2.24, 2.45) is 0 Å². The molecule has 0 aliphatic rings. The van der Waals surface area contributed by atoms with Crippen LogP contribution in [0.3, 0.4) is 0 Å². The lowest BCUT2D eigenvalue weighted by molar-refractivity contribution is -0.128. The molecule has 4 nitrogen and oxygen atoms in total. The molecule has 0 bridgehead atoms. The molecule has 1 radical (unpaired) electrons. The van der Waals surface area contributed by atoms with Crippen LogP contribution in [0.15, 0.2) is 0 Å². The maximum atomic E-state index is 10.8. The summed E-state index contributed by atoms with van der Waals surface area (Å²) >= 11 is 0. The molecule has 1 atom stereocenters. The molecule has 0 saturated carbocycles. The SMILES string of the molecule is [O][SiH2]CCCC(=O)C(O)CO. The summed E-state index contributed by atoms with van der Waals surface area (Å²) in [6.45, 7) is -0.520. The summed E-state index contributed by atoms with van der Waals surface area (Å²) in [4.78, 5) is 20.8. The highest BCUT2D eigenvalue weighted by Crippen LogP contribution is 1.98. The van der Waals surface area contributed by atoms with Crippen LogP contribution >= 0.6 is 0 Å². The van der Waals surface area contributed by atoms with Gasteiger partial charge in [0.1, 0.15) is 6.10 Å². The number of hydrogen-bond donors (Lipinski definition) is 2. The molecule has 11 heavy (non-hydrogen) atoms. The number of carbonyl (C=O) groups is 1. The van der Waals surface area contributed by atoms with Crippen molar-refractivity contribution in [1.82, 2.24) is 0 Å². The summed E-state index contributed by atoms with van der Waals surface area (Å²) in [6, 6.07) is 0.587. The average molecular weight is 177 g/mol. The van der Waals surface area contributed by atoms with Crippen LogP contribution in [0.1, 0.15) is 12.8 Å². The minimum absolute atomic E-state index is 0.219. The number of Topliss-reactive ketones (excluding diaryl/α,β-unsaturated/α-hetero) is 1. The third kappa shape index (κ3) is 5.08. The smallest absolute Gasteiger partial charge is 0.207 e. The van der Waals surface area contributed by atoms with Crippen molar-refractivity contribution >= 4 is 15.5 Å². The zero-order valence-corrected chi connectivity index (χ0v) is 7.74. The molecule has 0 aliphatic carbocycles. The van der Waals surface area contributed by atoms with Crippen molar-refractivity contribution in [3.05, 3.63) is 0 Å². The van der Waals surface area contributed by atoms with Crippen molar-refractivity contribution in [1.29, 1.82) is 0 Å². The van der Waals surface area contributed by atoms with Gasteiger partial charge in [-0.3, -0.25) is 4.79 Å². The summed E-state index contributed by atoms with van der Waals surface area (Å²) in [5, 5.41) is 17.1. The van der Waals surface area contributed by atoms with Crippen LogP contribution in [0.5, 0.6) is 0 Å². The van der Waals surface area contributed by atoms with Gasteiger partial charge < -0.3 is 15.0 Å². The Morgan fingerprint density at radius 1 is 1.55 bits per heavy atom. The molecule has 65 valence electrons. The largest absolute Gasteiger partial charge is 0.393 e. The highest BCUT2D eigenvalue weighted by Gasteiger charge is 2.12. The van der Waals surface area contributed by atoms with Crippen molar-refractivity contribution in [3.63, 3.8) is 0 Å². The molecule has 0 spiro atoms. The van der Waals surface area contributed by atoms with Gasteiger partial charge in [-0.05, 0) is 12.5 Å². The number of aliphatic hydroxyl groups is 2. The van der Waals surface area contributed by atoms with Crippen LogP contribution in [0.4, 0.5) is 0 Å². The average Bonchev–Trinajstić information content (AvgIpc) is 2.03. The second-order valence-corrected chi connectivity index (χ2v) is 3.44. The third-order valence-electron chi connectivity index (χ3n) is 1.36. The van der Waals surface area contributed by atoms with E-state index in [9.17, 15) is 9.59 Å². The van der Waals surface area contributed by atoms with E-state index in [1.807, 2.05) is 0 Å². The number of ketones is 1. The van der Waals surface area contributed by atoms with Gasteiger partial charge in [0.2, 0.25) is 9.76 Å². The first kappa shape index (κ1) is 10.8. The van der Waals surface area contributed by atoms with Crippen LogP contribution in [0.25, 0.3) is 0 Å². The molecule has 0 aromatic heterocycles. The van der Waals surface area contributed by atoms with E-state index in [2.05, 4.69) is 0 Å². The van der Waals surface area contributed by atoms with E-state index in [0.29, 0.717) is 12.5 Å². The fraction of sp³-hybridized carbons (Fsp3) is 0.833. The minimum atomic E-state index is -1.25. The van der Waals surface area contributed by atoms with Gasteiger partial charge in [-0.1, -0.05) is 0 Å². The molecule has 0 aromatic carbocycles. The molecule has 5 heteroatoms. The summed E-state index contributed by atoms with van der Waals surface area (Å²) in [7, 11) is -1.21. The molecule has 0 fully saturated rings. The molecule has 0 heterocycles. The van der Waals surface area contributed by atoms with E-state index in [-0.39, 0.29) is 12.2 Å². The molecule has 0 aromatic rings. The normalized spacial score (nSPS) is 14.1. The first-order chi connectivity index (χ1) is 5.22. The quantitative estimate of drug-likeness (QED) is 0.388. The topological polar surface area (TPSA) is 77.4 Å². The molecule has 0 aliphatic heterocycles. The van der Waals surface area contributed by atoms with Gasteiger partial charge in [-0.15, -0.1) is 0 Å². The first-order valence-electron chi connectivity index (χ1n) is 3.62. The Bertz CT molecular complexity index is 117. The van der Waals surface area contributed by atoms with Crippen molar-refractivity contribution in [3.8, 4) is 0 Å². The van der Waals surface area contributed by atoms with Crippen LogP contribution < -0.4 is 0 Å². The molecule has 0 amide bonds.